The van der Waals surface area contributed by atoms with Gasteiger partial charge < -0.3 is 20.9 Å². The van der Waals surface area contributed by atoms with E-state index in [0.717, 1.165) is 5.56 Å². The number of aryl methyl sites for hydroxylation is 1. The smallest absolute Gasteiger partial charge is 0.261 e. The molecule has 0 radical (unpaired) electrons. The molecule has 0 aliphatic rings. The summed E-state index contributed by atoms with van der Waals surface area (Å²) < 4.78 is 5.25. The highest BCUT2D eigenvalue weighted by Crippen LogP contribution is 2.31. The van der Waals surface area contributed by atoms with Crippen molar-refractivity contribution in [1.29, 1.82) is 0 Å². The van der Waals surface area contributed by atoms with E-state index in [2.05, 4.69) is 15.8 Å². The van der Waals surface area contributed by atoms with E-state index in [1.54, 1.807) is 49.4 Å². The number of hydrogen-bond donors (Lipinski definition) is 3. The van der Waals surface area contributed by atoms with Gasteiger partial charge in [-0.15, -0.1) is 0 Å². The number of anilines is 1. The van der Waals surface area contributed by atoms with Crippen LogP contribution in [0.2, 0.25) is 5.02 Å². The third kappa shape index (κ3) is 4.69. The molecule has 7 nitrogen and oxygen atoms in total. The summed E-state index contributed by atoms with van der Waals surface area (Å²) in [5.41, 5.74) is 8.16. The minimum Gasteiger partial charge on any atom is -0.360 e. The van der Waals surface area contributed by atoms with Crippen molar-refractivity contribution in [3.8, 4) is 11.3 Å². The van der Waals surface area contributed by atoms with Crippen LogP contribution in [0.4, 0.5) is 5.69 Å². The predicted octanol–water partition coefficient (Wildman–Crippen LogP) is 3.73. The Morgan fingerprint density at radius 1 is 1.17 bits per heavy atom. The number of carbonyl (C=O) groups excluding carboxylic acids is 2. The van der Waals surface area contributed by atoms with E-state index in [4.69, 9.17) is 21.9 Å². The van der Waals surface area contributed by atoms with Crippen molar-refractivity contribution < 1.29 is 14.1 Å². The average molecular weight is 427 g/mol. The number of aromatic nitrogens is 1. The minimum atomic E-state index is -0.356. The van der Waals surface area contributed by atoms with Gasteiger partial charge in [-0.05, 0) is 37.6 Å². The van der Waals surface area contributed by atoms with Gasteiger partial charge in [0.25, 0.3) is 5.91 Å². The average Bonchev–Trinajstić information content (AvgIpc) is 3.13. The molecule has 0 fully saturated rings. The number of nitrogens with two attached hydrogens (primary N) is 1. The Morgan fingerprint density at radius 2 is 1.87 bits per heavy atom. The number of hydrogen-bond acceptors (Lipinski definition) is 5. The van der Waals surface area contributed by atoms with Gasteiger partial charge in [0.15, 0.2) is 0 Å². The summed E-state index contributed by atoms with van der Waals surface area (Å²) in [5.74, 6) is -0.385. The van der Waals surface area contributed by atoms with Crippen molar-refractivity contribution >= 4 is 29.1 Å². The molecule has 2 amide bonds. The Hall–Kier alpha value is -3.16. The summed E-state index contributed by atoms with van der Waals surface area (Å²) in [6.45, 7) is 4.31. The molecular weight excluding hydrogens is 404 g/mol. The molecule has 2 aromatic carbocycles. The van der Waals surface area contributed by atoms with Crippen LogP contribution in [0, 0.1) is 6.92 Å². The summed E-state index contributed by atoms with van der Waals surface area (Å²) in [7, 11) is 0. The number of rotatable bonds is 7. The van der Waals surface area contributed by atoms with Gasteiger partial charge in [-0.25, -0.2) is 0 Å². The lowest BCUT2D eigenvalue weighted by Gasteiger charge is -2.13. The number of carbonyl (C=O) groups is 2. The molecule has 3 rings (SSSR count). The molecular formula is C22H23ClN4O3. The first-order chi connectivity index (χ1) is 14.4. The zero-order valence-corrected chi connectivity index (χ0v) is 17.5. The monoisotopic (exact) mass is 426 g/mol. The van der Waals surface area contributed by atoms with Crippen LogP contribution in [0.3, 0.4) is 0 Å². The molecule has 1 aromatic heterocycles. The predicted molar refractivity (Wildman–Crippen MR) is 117 cm³/mol. The fourth-order valence-electron chi connectivity index (χ4n) is 3.03. The van der Waals surface area contributed by atoms with Crippen LogP contribution in [0.25, 0.3) is 11.3 Å². The molecule has 4 N–H and O–H groups in total. The van der Waals surface area contributed by atoms with Crippen molar-refractivity contribution in [3.05, 3.63) is 70.4 Å². The standard InChI is InChI=1S/C22H23ClN4O3/c1-13(21(28)25-12-11-24)15-7-9-16(10-8-15)26-22(29)19-14(2)30-27-20(19)17-5-3-4-6-18(17)23/h3-10,13H,11-12,24H2,1-2H3,(H,25,28)(H,26,29). The van der Waals surface area contributed by atoms with E-state index in [1.807, 2.05) is 13.0 Å². The normalized spacial score (nSPS) is 11.7. The molecule has 0 aliphatic carbocycles. The lowest BCUT2D eigenvalue weighted by atomic mass is 10.00. The van der Waals surface area contributed by atoms with Crippen molar-refractivity contribution in [2.24, 2.45) is 5.73 Å². The summed E-state index contributed by atoms with van der Waals surface area (Å²) in [5, 5.41) is 10.1. The highest BCUT2D eigenvalue weighted by Gasteiger charge is 2.23. The maximum absolute atomic E-state index is 12.9. The van der Waals surface area contributed by atoms with Crippen LogP contribution in [0.15, 0.2) is 53.1 Å². The van der Waals surface area contributed by atoms with Crippen LogP contribution >= 0.6 is 11.6 Å². The Balaban J connectivity index is 1.77. The molecule has 0 saturated carbocycles. The topological polar surface area (TPSA) is 110 Å². The zero-order chi connectivity index (χ0) is 21.7. The maximum atomic E-state index is 12.9. The van der Waals surface area contributed by atoms with E-state index in [0.29, 0.717) is 46.4 Å². The van der Waals surface area contributed by atoms with Gasteiger partial charge in [0.05, 0.1) is 10.9 Å². The van der Waals surface area contributed by atoms with Gasteiger partial charge in [0, 0.05) is 24.3 Å². The SMILES string of the molecule is Cc1onc(-c2ccccc2Cl)c1C(=O)Nc1ccc(C(C)C(=O)NCCN)cc1. The summed E-state index contributed by atoms with van der Waals surface area (Å²) >= 11 is 6.26. The van der Waals surface area contributed by atoms with Gasteiger partial charge >= 0.3 is 0 Å². The van der Waals surface area contributed by atoms with Gasteiger partial charge in [0.2, 0.25) is 5.91 Å². The molecule has 1 atom stereocenters. The minimum absolute atomic E-state index is 0.0956. The van der Waals surface area contributed by atoms with E-state index < -0.39 is 0 Å². The van der Waals surface area contributed by atoms with Crippen molar-refractivity contribution in [2.75, 3.05) is 18.4 Å². The number of halogens is 1. The second-order valence-electron chi connectivity index (χ2n) is 6.82. The number of nitrogens with zero attached hydrogens (tertiary/aromatic N) is 1. The van der Waals surface area contributed by atoms with Gasteiger partial charge in [-0.3, -0.25) is 9.59 Å². The number of amides is 2. The second kappa shape index (κ2) is 9.56. The van der Waals surface area contributed by atoms with Crippen molar-refractivity contribution in [3.63, 3.8) is 0 Å². The van der Waals surface area contributed by atoms with E-state index in [9.17, 15) is 9.59 Å². The first-order valence-corrected chi connectivity index (χ1v) is 9.90. The van der Waals surface area contributed by atoms with Crippen LogP contribution in [0.1, 0.15) is 34.5 Å². The van der Waals surface area contributed by atoms with Gasteiger partial charge in [0.1, 0.15) is 17.0 Å². The van der Waals surface area contributed by atoms with Crippen LogP contribution in [0.5, 0.6) is 0 Å². The fourth-order valence-corrected chi connectivity index (χ4v) is 3.25. The second-order valence-corrected chi connectivity index (χ2v) is 7.23. The lowest BCUT2D eigenvalue weighted by molar-refractivity contribution is -0.122. The molecule has 0 saturated heterocycles. The van der Waals surface area contributed by atoms with Gasteiger partial charge in [-0.2, -0.15) is 0 Å². The molecule has 3 aromatic rings. The van der Waals surface area contributed by atoms with Crippen LogP contribution in [-0.2, 0) is 4.79 Å². The fraction of sp³-hybridized carbons (Fsp3) is 0.227. The van der Waals surface area contributed by atoms with E-state index in [-0.39, 0.29) is 17.7 Å². The Labute approximate surface area is 179 Å². The van der Waals surface area contributed by atoms with Crippen LogP contribution in [-0.4, -0.2) is 30.1 Å². The van der Waals surface area contributed by atoms with Crippen molar-refractivity contribution in [2.45, 2.75) is 19.8 Å². The first-order valence-electron chi connectivity index (χ1n) is 9.52. The Morgan fingerprint density at radius 3 is 2.53 bits per heavy atom. The summed E-state index contributed by atoms with van der Waals surface area (Å²) in [6.07, 6.45) is 0. The molecule has 0 spiro atoms. The van der Waals surface area contributed by atoms with Gasteiger partial charge in [-0.1, -0.05) is 47.1 Å². The van der Waals surface area contributed by atoms with E-state index >= 15 is 0 Å². The molecule has 1 heterocycles. The molecule has 1 unspecified atom stereocenters. The van der Waals surface area contributed by atoms with Crippen molar-refractivity contribution in [1.82, 2.24) is 10.5 Å². The number of benzene rings is 2. The third-order valence-electron chi connectivity index (χ3n) is 4.72. The highest BCUT2D eigenvalue weighted by molar-refractivity contribution is 6.33. The lowest BCUT2D eigenvalue weighted by Crippen LogP contribution is -2.32. The molecule has 0 aliphatic heterocycles. The highest BCUT2D eigenvalue weighted by atomic mass is 35.5. The largest absolute Gasteiger partial charge is 0.360 e. The summed E-state index contributed by atoms with van der Waals surface area (Å²) in [6, 6.07) is 14.2. The van der Waals surface area contributed by atoms with E-state index in [1.165, 1.54) is 0 Å². The first kappa shape index (κ1) is 21.5. The summed E-state index contributed by atoms with van der Waals surface area (Å²) in [4.78, 5) is 25.0. The molecule has 8 heteroatoms. The quantitative estimate of drug-likeness (QED) is 0.533. The molecule has 156 valence electrons. The molecule has 0 bridgehead atoms. The Kier molecular flexibility index (Phi) is 6.87. The maximum Gasteiger partial charge on any atom is 0.261 e. The molecule has 30 heavy (non-hydrogen) atoms. The Bertz CT molecular complexity index is 1050. The van der Waals surface area contributed by atoms with Crippen LogP contribution < -0.4 is 16.4 Å². The number of nitrogens with one attached hydrogen (secondary N) is 2. The zero-order valence-electron chi connectivity index (χ0n) is 16.7. The third-order valence-corrected chi connectivity index (χ3v) is 5.05.